The second-order valence-corrected chi connectivity index (χ2v) is 9.63. The Kier molecular flexibility index (Phi) is 6.18. The highest BCUT2D eigenvalue weighted by molar-refractivity contribution is 7.88. The maximum Gasteiger partial charge on any atom is 0.416 e. The predicted octanol–water partition coefficient (Wildman–Crippen LogP) is 6.14. The minimum absolute atomic E-state index is 0.00262. The van der Waals surface area contributed by atoms with Gasteiger partial charge >= 0.3 is 16.3 Å². The molecule has 0 saturated carbocycles. The van der Waals surface area contributed by atoms with Crippen molar-refractivity contribution in [2.75, 3.05) is 0 Å². The van der Waals surface area contributed by atoms with Crippen LogP contribution >= 0.6 is 11.3 Å². The molecule has 0 aliphatic heterocycles. The monoisotopic (exact) mass is 513 g/mol. The first-order chi connectivity index (χ1) is 15.9. The zero-order valence-corrected chi connectivity index (χ0v) is 18.3. The van der Waals surface area contributed by atoms with Crippen molar-refractivity contribution in [3.63, 3.8) is 0 Å². The Labute approximate surface area is 193 Å². The molecule has 4 rings (SSSR count). The third-order valence-corrected chi connectivity index (χ3v) is 7.01. The lowest BCUT2D eigenvalue weighted by atomic mass is 10.1. The van der Waals surface area contributed by atoms with E-state index in [2.05, 4.69) is 15.0 Å². The number of hydrogen-bond acceptors (Lipinski definition) is 6. The number of nitrogens with zero attached hydrogens (tertiary/aromatic N) is 3. The molecule has 1 aromatic carbocycles. The van der Waals surface area contributed by atoms with Crippen molar-refractivity contribution in [3.8, 4) is 33.2 Å². The van der Waals surface area contributed by atoms with E-state index in [1.165, 1.54) is 30.5 Å². The summed E-state index contributed by atoms with van der Waals surface area (Å²) in [5.74, 6) is -0.122. The summed E-state index contributed by atoms with van der Waals surface area (Å²) >= 11 is 0.755. The molecule has 4 aromatic rings. The van der Waals surface area contributed by atoms with Gasteiger partial charge in [0.05, 0.1) is 21.8 Å². The van der Waals surface area contributed by atoms with Crippen molar-refractivity contribution in [2.24, 2.45) is 0 Å². The molecular weight excluding hydrogens is 501 g/mol. The molecule has 3 aromatic heterocycles. The van der Waals surface area contributed by atoms with E-state index in [1.54, 1.807) is 0 Å². The molecule has 0 aliphatic rings. The van der Waals surface area contributed by atoms with Crippen LogP contribution in [0.15, 0.2) is 65.0 Å². The van der Waals surface area contributed by atoms with Crippen molar-refractivity contribution in [1.29, 1.82) is 0 Å². The van der Waals surface area contributed by atoms with Crippen molar-refractivity contribution < 1.29 is 34.9 Å². The van der Waals surface area contributed by atoms with Crippen molar-refractivity contribution in [1.82, 2.24) is 15.0 Å². The zero-order chi connectivity index (χ0) is 24.7. The zero-order valence-electron chi connectivity index (χ0n) is 16.7. The molecule has 6 nitrogen and oxygen atoms in total. The fourth-order valence-corrected chi connectivity index (χ4v) is 4.62. The lowest BCUT2D eigenvalue weighted by Gasteiger charge is -2.10. The summed E-state index contributed by atoms with van der Waals surface area (Å²) in [5.41, 5.74) is -0.787. The molecule has 0 unspecified atom stereocenters. The Hall–Kier alpha value is -3.29. The normalized spacial score (nSPS) is 12.3. The minimum atomic E-state index is -4.55. The first kappa shape index (κ1) is 23.9. The van der Waals surface area contributed by atoms with Crippen LogP contribution in [0.5, 0.6) is 0 Å². The molecule has 176 valence electrons. The summed E-state index contributed by atoms with van der Waals surface area (Å²) in [5, 5.41) is 0. The van der Waals surface area contributed by atoms with Gasteiger partial charge in [-0.15, -0.1) is 11.3 Å². The van der Waals surface area contributed by atoms with Gasteiger partial charge in [0.2, 0.25) is 0 Å². The molecule has 0 fully saturated rings. The maximum atomic E-state index is 13.5. The molecule has 0 bridgehead atoms. The Balaban J connectivity index is 1.77. The largest absolute Gasteiger partial charge is 0.416 e. The van der Waals surface area contributed by atoms with Gasteiger partial charge in [-0.1, -0.05) is 12.1 Å². The van der Waals surface area contributed by atoms with Gasteiger partial charge in [0, 0.05) is 17.3 Å². The third kappa shape index (κ3) is 5.11. The Bertz CT molecular complexity index is 1450. The molecule has 0 radical (unpaired) electrons. The van der Waals surface area contributed by atoms with Gasteiger partial charge in [-0.2, -0.15) is 21.6 Å². The van der Waals surface area contributed by atoms with E-state index in [0.29, 0.717) is 4.88 Å². The van der Waals surface area contributed by atoms with Crippen LogP contribution in [-0.4, -0.2) is 27.9 Å². The maximum absolute atomic E-state index is 13.5. The first-order valence-electron chi connectivity index (χ1n) is 9.31. The van der Waals surface area contributed by atoms with Crippen LogP contribution in [-0.2, 0) is 16.3 Å². The van der Waals surface area contributed by atoms with Crippen LogP contribution in [0.4, 0.5) is 22.0 Å². The number of pyridine rings is 1. The lowest BCUT2D eigenvalue weighted by molar-refractivity contribution is -0.137. The molecule has 1 N–H and O–H groups in total. The SMILES string of the molecule is O=S(=O)(O)c1ccc(-c2cc(-c3nc(-c4ccc(C(F)(F)F)cc4)cc(C(F)F)n3)ccn2)s1. The molecule has 3 heterocycles. The van der Waals surface area contributed by atoms with Crippen molar-refractivity contribution in [2.45, 2.75) is 16.8 Å². The lowest BCUT2D eigenvalue weighted by Crippen LogP contribution is -2.04. The quantitative estimate of drug-likeness (QED) is 0.255. The highest BCUT2D eigenvalue weighted by Gasteiger charge is 2.30. The second-order valence-electron chi connectivity index (χ2n) is 6.90. The van der Waals surface area contributed by atoms with Crippen molar-refractivity contribution >= 4 is 21.5 Å². The Morgan fingerprint density at radius 1 is 0.882 bits per heavy atom. The van der Waals surface area contributed by atoms with E-state index in [1.807, 2.05) is 0 Å². The van der Waals surface area contributed by atoms with Crippen LogP contribution in [0.3, 0.4) is 0 Å². The molecular formula is C21H12F5N3O3S2. The second kappa shape index (κ2) is 8.81. The van der Waals surface area contributed by atoms with Gasteiger partial charge in [-0.05, 0) is 42.5 Å². The molecule has 0 atom stereocenters. The fourth-order valence-electron chi connectivity index (χ4n) is 2.99. The summed E-state index contributed by atoms with van der Waals surface area (Å²) in [6.07, 6.45) is -6.17. The third-order valence-electron chi connectivity index (χ3n) is 4.58. The van der Waals surface area contributed by atoms with Crippen LogP contribution in [0.25, 0.3) is 33.2 Å². The van der Waals surface area contributed by atoms with Crippen LogP contribution < -0.4 is 0 Å². The van der Waals surface area contributed by atoms with Crippen LogP contribution in [0, 0.1) is 0 Å². The van der Waals surface area contributed by atoms with E-state index >= 15 is 0 Å². The smallest absolute Gasteiger partial charge is 0.281 e. The molecule has 0 saturated heterocycles. The van der Waals surface area contributed by atoms with E-state index in [-0.39, 0.29) is 32.5 Å². The first-order valence-corrected chi connectivity index (χ1v) is 11.6. The van der Waals surface area contributed by atoms with E-state index in [4.69, 9.17) is 0 Å². The molecule has 0 aliphatic carbocycles. The highest BCUT2D eigenvalue weighted by atomic mass is 32.3. The highest BCUT2D eigenvalue weighted by Crippen LogP contribution is 2.34. The summed E-state index contributed by atoms with van der Waals surface area (Å²) < 4.78 is 97.0. The topological polar surface area (TPSA) is 93.0 Å². The number of rotatable bonds is 5. The van der Waals surface area contributed by atoms with Gasteiger partial charge in [0.25, 0.3) is 6.43 Å². The predicted molar refractivity (Wildman–Crippen MR) is 114 cm³/mol. The Morgan fingerprint density at radius 3 is 2.18 bits per heavy atom. The summed E-state index contributed by atoms with van der Waals surface area (Å²) in [4.78, 5) is 12.6. The van der Waals surface area contributed by atoms with Gasteiger partial charge in [-0.3, -0.25) is 9.54 Å². The van der Waals surface area contributed by atoms with Gasteiger partial charge < -0.3 is 0 Å². The summed E-state index contributed by atoms with van der Waals surface area (Å²) in [6, 6.07) is 10.4. The van der Waals surface area contributed by atoms with Gasteiger partial charge in [0.1, 0.15) is 9.90 Å². The standard InChI is InChI=1S/C21H12F5N3O3S2/c22-19(23)16-10-14(11-1-3-13(4-2-11)21(24,25)26)28-20(29-16)12-7-8-27-15(9-12)17-5-6-18(33-17)34(30,31)32/h1-10,19H,(H,30,31,32). The van der Waals surface area contributed by atoms with E-state index < -0.39 is 34.0 Å². The number of alkyl halides is 5. The van der Waals surface area contributed by atoms with Gasteiger partial charge in [-0.25, -0.2) is 18.7 Å². The summed E-state index contributed by atoms with van der Waals surface area (Å²) in [7, 11) is -4.40. The summed E-state index contributed by atoms with van der Waals surface area (Å²) in [6.45, 7) is 0. The van der Waals surface area contributed by atoms with E-state index in [0.717, 1.165) is 41.7 Å². The number of halogens is 5. The Morgan fingerprint density at radius 2 is 1.59 bits per heavy atom. The van der Waals surface area contributed by atoms with Gasteiger partial charge in [0.15, 0.2) is 5.82 Å². The number of aromatic nitrogens is 3. The number of thiophene rings is 1. The molecule has 34 heavy (non-hydrogen) atoms. The van der Waals surface area contributed by atoms with Crippen LogP contribution in [0.2, 0.25) is 0 Å². The molecule has 0 spiro atoms. The molecule has 0 amide bonds. The number of hydrogen-bond donors (Lipinski definition) is 1. The fraction of sp³-hybridized carbons (Fsp3) is 0.0952. The number of benzene rings is 1. The van der Waals surface area contributed by atoms with E-state index in [9.17, 15) is 34.9 Å². The molecule has 13 heteroatoms. The van der Waals surface area contributed by atoms with Crippen molar-refractivity contribution in [3.05, 3.63) is 72.1 Å². The average molecular weight is 513 g/mol. The minimum Gasteiger partial charge on any atom is -0.281 e. The van der Waals surface area contributed by atoms with Crippen LogP contribution in [0.1, 0.15) is 17.7 Å². The average Bonchev–Trinajstić information content (AvgIpc) is 3.29.